The summed E-state index contributed by atoms with van der Waals surface area (Å²) >= 11 is 0. The fraction of sp³-hybridized carbons (Fsp3) is 0.259. The molecule has 2 heterocycles. The van der Waals surface area contributed by atoms with Crippen molar-refractivity contribution >= 4 is 21.8 Å². The minimum atomic E-state index is -1.52. The van der Waals surface area contributed by atoms with Gasteiger partial charge in [-0.3, -0.25) is 9.52 Å². The summed E-state index contributed by atoms with van der Waals surface area (Å²) in [7, 11) is -1.52. The maximum atomic E-state index is 12.0. The van der Waals surface area contributed by atoms with E-state index in [1.165, 1.54) is 6.08 Å². The molecule has 1 amide bonds. The van der Waals surface area contributed by atoms with Crippen molar-refractivity contribution in [1.82, 2.24) is 9.71 Å². The SMILES string of the molecule is CCOCCOc1ccc(Oc2cccc3c2CC[C@H]3Oc2ccc(C3=CC(=O)NS3=O)cc2)cn1. The second-order valence-electron chi connectivity index (χ2n) is 8.22. The number of amides is 1. The molecule has 1 aromatic heterocycles. The molecule has 5 rings (SSSR count). The number of hydrogen-bond acceptors (Lipinski definition) is 7. The van der Waals surface area contributed by atoms with Crippen LogP contribution < -0.4 is 18.9 Å². The molecule has 1 aliphatic carbocycles. The number of carbonyl (C=O) groups excluding carboxylic acids is 1. The molecular formula is C27H26N2O6S. The molecule has 9 heteroatoms. The summed E-state index contributed by atoms with van der Waals surface area (Å²) in [5.74, 6) is 2.30. The normalized spacial score (nSPS) is 18.4. The number of hydrogen-bond donors (Lipinski definition) is 1. The third-order valence-corrected chi connectivity index (χ3v) is 7.00. The molecule has 1 N–H and O–H groups in total. The van der Waals surface area contributed by atoms with E-state index in [-0.39, 0.29) is 12.0 Å². The minimum absolute atomic E-state index is 0.100. The van der Waals surface area contributed by atoms with Crippen LogP contribution in [-0.4, -0.2) is 34.9 Å². The van der Waals surface area contributed by atoms with Crippen LogP contribution in [0.5, 0.6) is 23.1 Å². The molecule has 186 valence electrons. The first-order chi connectivity index (χ1) is 17.6. The average Bonchev–Trinajstić information content (AvgIpc) is 3.46. The zero-order chi connectivity index (χ0) is 24.9. The van der Waals surface area contributed by atoms with Crippen LogP contribution in [0.3, 0.4) is 0 Å². The van der Waals surface area contributed by atoms with E-state index >= 15 is 0 Å². The lowest BCUT2D eigenvalue weighted by Crippen LogP contribution is -2.16. The van der Waals surface area contributed by atoms with E-state index in [9.17, 15) is 9.00 Å². The molecule has 8 nitrogen and oxygen atoms in total. The van der Waals surface area contributed by atoms with Gasteiger partial charge in [0, 0.05) is 24.3 Å². The molecule has 0 saturated carbocycles. The van der Waals surface area contributed by atoms with Gasteiger partial charge in [-0.2, -0.15) is 0 Å². The highest BCUT2D eigenvalue weighted by Crippen LogP contribution is 2.41. The van der Waals surface area contributed by atoms with Crippen LogP contribution in [0.2, 0.25) is 0 Å². The van der Waals surface area contributed by atoms with Gasteiger partial charge in [0.25, 0.3) is 5.91 Å². The third-order valence-electron chi connectivity index (χ3n) is 5.86. The molecule has 3 aromatic rings. The van der Waals surface area contributed by atoms with E-state index in [4.69, 9.17) is 18.9 Å². The summed E-state index contributed by atoms with van der Waals surface area (Å²) in [5.41, 5.74) is 2.93. The first-order valence-corrected chi connectivity index (χ1v) is 12.9. The molecule has 36 heavy (non-hydrogen) atoms. The number of ether oxygens (including phenoxy) is 4. The quantitative estimate of drug-likeness (QED) is 0.405. The summed E-state index contributed by atoms with van der Waals surface area (Å²) in [5, 5.41) is 0. The molecule has 0 spiro atoms. The van der Waals surface area contributed by atoms with Gasteiger partial charge in [-0.1, -0.05) is 24.3 Å². The standard InChI is InChI=1S/C27H26N2O6S/c1-2-32-14-15-33-27-13-10-20(17-28-27)35-23-5-3-4-21-22(23)11-12-24(21)34-19-8-6-18(7-9-19)25-16-26(30)29-36(25)31/h3-10,13,16-17,24H,2,11-12,14-15H2,1H3,(H,29,30)/t24-,36?/m1/s1. The molecule has 2 aliphatic rings. The van der Waals surface area contributed by atoms with Crippen LogP contribution >= 0.6 is 0 Å². The topological polar surface area (TPSA) is 96.0 Å². The van der Waals surface area contributed by atoms with Crippen LogP contribution in [0.25, 0.3) is 4.91 Å². The van der Waals surface area contributed by atoms with Gasteiger partial charge in [0.1, 0.15) is 30.0 Å². The Bertz CT molecular complexity index is 1290. The van der Waals surface area contributed by atoms with Gasteiger partial charge >= 0.3 is 0 Å². The maximum Gasteiger partial charge on any atom is 0.257 e. The van der Waals surface area contributed by atoms with E-state index in [1.807, 2.05) is 49.4 Å². The van der Waals surface area contributed by atoms with Crippen molar-refractivity contribution in [2.45, 2.75) is 25.9 Å². The second-order valence-corrected chi connectivity index (χ2v) is 9.40. The number of fused-ring (bicyclic) bond motifs is 1. The van der Waals surface area contributed by atoms with Gasteiger partial charge in [-0.25, -0.2) is 9.19 Å². The Balaban J connectivity index is 1.23. The van der Waals surface area contributed by atoms with Gasteiger partial charge in [0.05, 0.1) is 17.7 Å². The molecule has 0 saturated heterocycles. The van der Waals surface area contributed by atoms with Crippen molar-refractivity contribution in [3.05, 3.63) is 83.6 Å². The second kappa shape index (κ2) is 10.9. The maximum absolute atomic E-state index is 12.0. The van der Waals surface area contributed by atoms with Crippen LogP contribution in [0, 0.1) is 0 Å². The Morgan fingerprint density at radius 3 is 2.61 bits per heavy atom. The number of benzene rings is 2. The van der Waals surface area contributed by atoms with E-state index in [1.54, 1.807) is 12.3 Å². The Kier molecular flexibility index (Phi) is 7.29. The zero-order valence-corrected chi connectivity index (χ0v) is 20.6. The van der Waals surface area contributed by atoms with Crippen LogP contribution in [0.15, 0.2) is 66.9 Å². The smallest absolute Gasteiger partial charge is 0.257 e. The number of rotatable bonds is 10. The lowest BCUT2D eigenvalue weighted by atomic mass is 10.1. The fourth-order valence-corrected chi connectivity index (χ4v) is 5.11. The van der Waals surface area contributed by atoms with Crippen molar-refractivity contribution in [3.8, 4) is 23.1 Å². The summed E-state index contributed by atoms with van der Waals surface area (Å²) in [6.07, 6.45) is 4.57. The summed E-state index contributed by atoms with van der Waals surface area (Å²) < 4.78 is 37.6. The van der Waals surface area contributed by atoms with E-state index in [0.29, 0.717) is 42.1 Å². The van der Waals surface area contributed by atoms with E-state index in [0.717, 1.165) is 35.3 Å². The number of nitrogens with zero attached hydrogens (tertiary/aromatic N) is 1. The van der Waals surface area contributed by atoms with E-state index < -0.39 is 11.0 Å². The lowest BCUT2D eigenvalue weighted by molar-refractivity contribution is -0.114. The van der Waals surface area contributed by atoms with Gasteiger partial charge in [-0.15, -0.1) is 0 Å². The molecule has 1 unspecified atom stereocenters. The summed E-state index contributed by atoms with van der Waals surface area (Å²) in [6.45, 7) is 3.58. The van der Waals surface area contributed by atoms with Crippen LogP contribution in [-0.2, 0) is 26.9 Å². The Morgan fingerprint density at radius 1 is 1.06 bits per heavy atom. The summed E-state index contributed by atoms with van der Waals surface area (Å²) in [4.78, 5) is 16.2. The van der Waals surface area contributed by atoms with Crippen molar-refractivity contribution in [2.75, 3.05) is 19.8 Å². The van der Waals surface area contributed by atoms with Crippen molar-refractivity contribution in [3.63, 3.8) is 0 Å². The van der Waals surface area contributed by atoms with Crippen LogP contribution in [0.1, 0.15) is 36.1 Å². The van der Waals surface area contributed by atoms with Gasteiger partial charge in [-0.05, 0) is 55.2 Å². The predicted octanol–water partition coefficient (Wildman–Crippen LogP) is 4.49. The Hall–Kier alpha value is -3.69. The Morgan fingerprint density at radius 2 is 1.89 bits per heavy atom. The highest BCUT2D eigenvalue weighted by Gasteiger charge is 2.27. The highest BCUT2D eigenvalue weighted by molar-refractivity contribution is 7.93. The molecule has 0 bridgehead atoms. The third kappa shape index (κ3) is 5.42. The first kappa shape index (κ1) is 24.0. The van der Waals surface area contributed by atoms with Crippen molar-refractivity contribution in [1.29, 1.82) is 0 Å². The molecule has 1 aliphatic heterocycles. The lowest BCUT2D eigenvalue weighted by Gasteiger charge is -2.16. The monoisotopic (exact) mass is 506 g/mol. The molecule has 2 aromatic carbocycles. The minimum Gasteiger partial charge on any atom is -0.486 e. The molecular weight excluding hydrogens is 480 g/mol. The molecule has 2 atom stereocenters. The number of nitrogens with one attached hydrogen (secondary N) is 1. The predicted molar refractivity (Wildman–Crippen MR) is 135 cm³/mol. The zero-order valence-electron chi connectivity index (χ0n) is 19.8. The van der Waals surface area contributed by atoms with Gasteiger partial charge < -0.3 is 18.9 Å². The average molecular weight is 507 g/mol. The number of pyridine rings is 1. The summed E-state index contributed by atoms with van der Waals surface area (Å²) in [6, 6.07) is 16.9. The Labute approximate surface area is 211 Å². The number of carbonyl (C=O) groups is 1. The molecule has 0 radical (unpaired) electrons. The number of aromatic nitrogens is 1. The largest absolute Gasteiger partial charge is 0.486 e. The van der Waals surface area contributed by atoms with Crippen molar-refractivity contribution in [2.24, 2.45) is 0 Å². The first-order valence-electron chi connectivity index (χ1n) is 11.8. The van der Waals surface area contributed by atoms with Gasteiger partial charge in [0.15, 0.2) is 11.0 Å². The van der Waals surface area contributed by atoms with Gasteiger partial charge in [0.2, 0.25) is 5.88 Å². The highest BCUT2D eigenvalue weighted by atomic mass is 32.2. The molecule has 0 fully saturated rings. The fourth-order valence-electron chi connectivity index (χ4n) is 4.19. The van der Waals surface area contributed by atoms with E-state index in [2.05, 4.69) is 15.8 Å². The van der Waals surface area contributed by atoms with Crippen LogP contribution in [0.4, 0.5) is 0 Å². The van der Waals surface area contributed by atoms with Crippen molar-refractivity contribution < 1.29 is 28.0 Å².